The predicted octanol–water partition coefficient (Wildman–Crippen LogP) is 3.79. The summed E-state index contributed by atoms with van der Waals surface area (Å²) >= 11 is 0. The van der Waals surface area contributed by atoms with Crippen LogP contribution in [-0.4, -0.2) is 31.8 Å². The topological polar surface area (TPSA) is 47.6 Å². The number of carbonyl (C=O) groups is 1. The van der Waals surface area contributed by atoms with Gasteiger partial charge in [0.1, 0.15) is 5.75 Å². The van der Waals surface area contributed by atoms with Gasteiger partial charge in [0.15, 0.2) is 0 Å². The van der Waals surface area contributed by atoms with Crippen molar-refractivity contribution in [2.45, 2.75) is 70.9 Å². The number of aryl methyl sites for hydroxylation is 2. The Balaban J connectivity index is 1.68. The Kier molecular flexibility index (Phi) is 7.57. The van der Waals surface area contributed by atoms with E-state index >= 15 is 0 Å². The molecule has 1 aromatic carbocycles. The highest BCUT2D eigenvalue weighted by molar-refractivity contribution is 5.76. The fourth-order valence-electron chi connectivity index (χ4n) is 3.38. The molecule has 134 valence electrons. The van der Waals surface area contributed by atoms with Crippen LogP contribution >= 0.6 is 0 Å². The second-order valence-corrected chi connectivity index (χ2v) is 6.66. The molecule has 0 radical (unpaired) electrons. The number of hydrogen-bond donors (Lipinski definition) is 1. The highest BCUT2D eigenvalue weighted by Crippen LogP contribution is 2.21. The lowest BCUT2D eigenvalue weighted by Gasteiger charge is -2.28. The van der Waals surface area contributed by atoms with Crippen LogP contribution in [0.25, 0.3) is 0 Å². The van der Waals surface area contributed by atoms with E-state index in [4.69, 9.17) is 9.47 Å². The third-order valence-electron chi connectivity index (χ3n) is 4.78. The first-order valence-electron chi connectivity index (χ1n) is 9.16. The quantitative estimate of drug-likeness (QED) is 0.787. The van der Waals surface area contributed by atoms with E-state index < -0.39 is 0 Å². The van der Waals surface area contributed by atoms with Gasteiger partial charge in [0, 0.05) is 19.6 Å². The van der Waals surface area contributed by atoms with E-state index in [1.165, 1.54) is 5.56 Å². The Hall–Kier alpha value is -1.55. The third kappa shape index (κ3) is 5.82. The minimum Gasteiger partial charge on any atom is -0.494 e. The molecule has 0 heterocycles. The van der Waals surface area contributed by atoms with Crippen LogP contribution in [-0.2, 0) is 16.0 Å². The summed E-state index contributed by atoms with van der Waals surface area (Å²) in [7, 11) is 1.77. The fourth-order valence-corrected chi connectivity index (χ4v) is 3.38. The van der Waals surface area contributed by atoms with Gasteiger partial charge in [-0.25, -0.2) is 0 Å². The van der Waals surface area contributed by atoms with Crippen molar-refractivity contribution in [3.63, 3.8) is 0 Å². The normalized spacial score (nSPS) is 20.6. The predicted molar refractivity (Wildman–Crippen MR) is 96.5 cm³/mol. The smallest absolute Gasteiger partial charge is 0.220 e. The highest BCUT2D eigenvalue weighted by Gasteiger charge is 2.21. The number of methoxy groups -OCH3 is 1. The summed E-state index contributed by atoms with van der Waals surface area (Å²) in [5, 5.41) is 3.17. The number of ether oxygens (including phenoxy) is 2. The minimum atomic E-state index is 0.179. The van der Waals surface area contributed by atoms with Crippen LogP contribution in [0.4, 0.5) is 0 Å². The summed E-state index contributed by atoms with van der Waals surface area (Å²) < 4.78 is 10.9. The highest BCUT2D eigenvalue weighted by atomic mass is 16.5. The largest absolute Gasteiger partial charge is 0.494 e. The number of nitrogens with one attached hydrogen (secondary N) is 1. The fraction of sp³-hybridized carbons (Fsp3) is 0.650. The molecule has 4 heteroatoms. The molecular weight excluding hydrogens is 302 g/mol. The molecule has 1 aromatic rings. The number of amides is 1. The second-order valence-electron chi connectivity index (χ2n) is 6.66. The van der Waals surface area contributed by atoms with Crippen LogP contribution in [0.3, 0.4) is 0 Å². The van der Waals surface area contributed by atoms with Crippen molar-refractivity contribution in [1.82, 2.24) is 5.32 Å². The Morgan fingerprint density at radius 3 is 2.62 bits per heavy atom. The summed E-state index contributed by atoms with van der Waals surface area (Å²) in [6.45, 7) is 4.75. The van der Waals surface area contributed by atoms with Gasteiger partial charge in [0.2, 0.25) is 5.91 Å². The summed E-state index contributed by atoms with van der Waals surface area (Å²) in [4.78, 5) is 12.1. The molecule has 2 rings (SSSR count). The molecule has 0 atom stereocenters. The molecule has 1 aliphatic rings. The van der Waals surface area contributed by atoms with Crippen molar-refractivity contribution in [1.29, 1.82) is 0 Å². The second kappa shape index (κ2) is 9.67. The Morgan fingerprint density at radius 2 is 2.00 bits per heavy atom. The van der Waals surface area contributed by atoms with E-state index in [2.05, 4.69) is 24.4 Å². The van der Waals surface area contributed by atoms with Crippen molar-refractivity contribution in [3.05, 3.63) is 29.3 Å². The first kappa shape index (κ1) is 18.8. The maximum absolute atomic E-state index is 12.1. The molecule has 0 unspecified atom stereocenters. The van der Waals surface area contributed by atoms with Crippen LogP contribution < -0.4 is 10.1 Å². The van der Waals surface area contributed by atoms with E-state index in [1.54, 1.807) is 7.11 Å². The Bertz CT molecular complexity index is 522. The SMILES string of the molecule is CCOc1ccc(CCCC(=O)NC2CCC(OC)CC2)cc1C. The van der Waals surface area contributed by atoms with Gasteiger partial charge >= 0.3 is 0 Å². The average Bonchev–Trinajstić information content (AvgIpc) is 2.58. The number of carbonyl (C=O) groups excluding carboxylic acids is 1. The van der Waals surface area contributed by atoms with Crippen LogP contribution in [0.5, 0.6) is 5.75 Å². The maximum atomic E-state index is 12.1. The van der Waals surface area contributed by atoms with Gasteiger partial charge in [0.25, 0.3) is 0 Å². The lowest BCUT2D eigenvalue weighted by molar-refractivity contribution is -0.122. The zero-order valence-corrected chi connectivity index (χ0v) is 15.3. The molecule has 4 nitrogen and oxygen atoms in total. The summed E-state index contributed by atoms with van der Waals surface area (Å²) in [6.07, 6.45) is 6.94. The first-order chi connectivity index (χ1) is 11.6. The van der Waals surface area contributed by atoms with Gasteiger partial charge in [-0.1, -0.05) is 12.1 Å². The summed E-state index contributed by atoms with van der Waals surface area (Å²) in [5.74, 6) is 1.13. The monoisotopic (exact) mass is 333 g/mol. The molecule has 1 saturated carbocycles. The molecule has 1 fully saturated rings. The van der Waals surface area contributed by atoms with Gasteiger partial charge < -0.3 is 14.8 Å². The molecule has 1 amide bonds. The first-order valence-corrected chi connectivity index (χ1v) is 9.16. The molecule has 1 N–H and O–H groups in total. The van der Waals surface area contributed by atoms with Crippen LogP contribution in [0.1, 0.15) is 56.6 Å². The molecule has 0 saturated heterocycles. The standard InChI is InChI=1S/C20H31NO3/c1-4-24-19-13-8-16(14-15(19)2)6-5-7-20(22)21-17-9-11-18(23-3)12-10-17/h8,13-14,17-18H,4-7,9-12H2,1-3H3,(H,21,22). The van der Waals surface area contributed by atoms with E-state index in [0.717, 1.165) is 49.8 Å². The molecule has 0 aromatic heterocycles. The van der Waals surface area contributed by atoms with E-state index in [-0.39, 0.29) is 5.91 Å². The number of benzene rings is 1. The zero-order valence-electron chi connectivity index (χ0n) is 15.3. The van der Waals surface area contributed by atoms with Crippen molar-refractivity contribution in [2.24, 2.45) is 0 Å². The Labute approximate surface area is 145 Å². The van der Waals surface area contributed by atoms with Gasteiger partial charge in [0.05, 0.1) is 12.7 Å². The van der Waals surface area contributed by atoms with Crippen molar-refractivity contribution in [2.75, 3.05) is 13.7 Å². The minimum absolute atomic E-state index is 0.179. The van der Waals surface area contributed by atoms with Crippen molar-refractivity contribution < 1.29 is 14.3 Å². The summed E-state index contributed by atoms with van der Waals surface area (Å²) in [6, 6.07) is 6.62. The van der Waals surface area contributed by atoms with Crippen LogP contribution in [0.2, 0.25) is 0 Å². The zero-order chi connectivity index (χ0) is 17.4. The number of rotatable bonds is 8. The van der Waals surface area contributed by atoms with E-state index in [1.807, 2.05) is 13.0 Å². The third-order valence-corrected chi connectivity index (χ3v) is 4.78. The van der Waals surface area contributed by atoms with Gasteiger partial charge in [-0.05, 0) is 69.6 Å². The van der Waals surface area contributed by atoms with E-state index in [9.17, 15) is 4.79 Å². The Morgan fingerprint density at radius 1 is 1.25 bits per heavy atom. The molecule has 0 spiro atoms. The van der Waals surface area contributed by atoms with Crippen molar-refractivity contribution >= 4 is 5.91 Å². The van der Waals surface area contributed by atoms with Crippen LogP contribution in [0.15, 0.2) is 18.2 Å². The number of hydrogen-bond acceptors (Lipinski definition) is 3. The van der Waals surface area contributed by atoms with Gasteiger partial charge in [-0.2, -0.15) is 0 Å². The lowest BCUT2D eigenvalue weighted by atomic mass is 9.93. The summed E-state index contributed by atoms with van der Waals surface area (Å²) in [5.41, 5.74) is 2.43. The average molecular weight is 333 g/mol. The van der Waals surface area contributed by atoms with Crippen molar-refractivity contribution in [3.8, 4) is 5.75 Å². The molecule has 0 bridgehead atoms. The molecular formula is C20H31NO3. The van der Waals surface area contributed by atoms with Gasteiger partial charge in [-0.15, -0.1) is 0 Å². The van der Waals surface area contributed by atoms with Gasteiger partial charge in [-0.3, -0.25) is 4.79 Å². The molecule has 0 aliphatic heterocycles. The van der Waals surface area contributed by atoms with E-state index in [0.29, 0.717) is 25.2 Å². The molecule has 24 heavy (non-hydrogen) atoms. The van der Waals surface area contributed by atoms with Crippen LogP contribution in [0, 0.1) is 6.92 Å². The molecule has 1 aliphatic carbocycles. The lowest BCUT2D eigenvalue weighted by Crippen LogP contribution is -2.38. The maximum Gasteiger partial charge on any atom is 0.220 e.